The number of anilines is 2. The Balaban J connectivity index is 1.65. The van der Waals surface area contributed by atoms with Crippen molar-refractivity contribution in [2.75, 3.05) is 10.0 Å². The Morgan fingerprint density at radius 1 is 1.15 bits per heavy atom. The highest BCUT2D eigenvalue weighted by Gasteiger charge is 2.15. The van der Waals surface area contributed by atoms with Gasteiger partial charge in [0.05, 0.1) is 11.1 Å². The lowest BCUT2D eigenvalue weighted by Gasteiger charge is -2.08. The van der Waals surface area contributed by atoms with Gasteiger partial charge in [-0.1, -0.05) is 0 Å². The van der Waals surface area contributed by atoms with Crippen LogP contribution in [0.4, 0.5) is 11.6 Å². The molecule has 1 aromatic carbocycles. The van der Waals surface area contributed by atoms with Crippen LogP contribution >= 0.6 is 0 Å². The first-order valence-corrected chi connectivity index (χ1v) is 9.09. The minimum atomic E-state index is -3.81. The predicted molar refractivity (Wildman–Crippen MR) is 94.9 cm³/mol. The van der Waals surface area contributed by atoms with E-state index in [2.05, 4.69) is 25.1 Å². The number of sulfonamides is 1. The van der Waals surface area contributed by atoms with Crippen LogP contribution in [0.5, 0.6) is 0 Å². The van der Waals surface area contributed by atoms with Crippen LogP contribution in [0.3, 0.4) is 0 Å². The molecule has 0 saturated heterocycles. The molecule has 0 radical (unpaired) electrons. The van der Waals surface area contributed by atoms with Gasteiger partial charge in [-0.2, -0.15) is 5.10 Å². The quantitative estimate of drug-likeness (QED) is 0.675. The van der Waals surface area contributed by atoms with Crippen molar-refractivity contribution in [3.63, 3.8) is 0 Å². The van der Waals surface area contributed by atoms with Crippen molar-refractivity contribution in [3.8, 4) is 0 Å². The number of hydrogen-bond donors (Lipinski definition) is 2. The standard InChI is InChI=1S/C16H16N6O3S/c1-12-9-19-22(10-12)11-15(23)20-13-3-5-14(6-4-13)26(24,25)21-16-17-7-2-8-18-16/h2-10H,11H2,1H3,(H,20,23)(H,17,18,21). The molecule has 0 fully saturated rings. The summed E-state index contributed by atoms with van der Waals surface area (Å²) in [4.78, 5) is 19.7. The number of rotatable bonds is 6. The van der Waals surface area contributed by atoms with Crippen LogP contribution in [-0.2, 0) is 21.4 Å². The molecule has 0 unspecified atom stereocenters. The topological polar surface area (TPSA) is 119 Å². The third-order valence-electron chi connectivity index (χ3n) is 3.31. The Labute approximate surface area is 150 Å². The molecule has 2 N–H and O–H groups in total. The van der Waals surface area contributed by atoms with E-state index in [1.807, 2.05) is 6.92 Å². The number of aryl methyl sites for hydroxylation is 1. The van der Waals surface area contributed by atoms with Crippen molar-refractivity contribution < 1.29 is 13.2 Å². The number of hydrogen-bond acceptors (Lipinski definition) is 6. The summed E-state index contributed by atoms with van der Waals surface area (Å²) in [6, 6.07) is 7.37. The number of nitrogens with zero attached hydrogens (tertiary/aromatic N) is 4. The average Bonchev–Trinajstić information content (AvgIpc) is 3.00. The first-order valence-electron chi connectivity index (χ1n) is 7.61. The Hall–Kier alpha value is -3.27. The smallest absolute Gasteiger partial charge is 0.264 e. The third-order valence-corrected chi connectivity index (χ3v) is 4.65. The van der Waals surface area contributed by atoms with E-state index in [1.165, 1.54) is 41.3 Å². The van der Waals surface area contributed by atoms with Gasteiger partial charge in [-0.15, -0.1) is 0 Å². The van der Waals surface area contributed by atoms with Gasteiger partial charge in [0.2, 0.25) is 11.9 Å². The van der Waals surface area contributed by atoms with Crippen molar-refractivity contribution in [3.05, 3.63) is 60.7 Å². The second-order valence-corrected chi connectivity index (χ2v) is 7.15. The van der Waals surface area contributed by atoms with E-state index in [0.29, 0.717) is 5.69 Å². The maximum Gasteiger partial charge on any atom is 0.264 e. The zero-order valence-corrected chi connectivity index (χ0v) is 14.6. The van der Waals surface area contributed by atoms with E-state index in [1.54, 1.807) is 18.5 Å². The van der Waals surface area contributed by atoms with E-state index in [0.717, 1.165) is 5.56 Å². The van der Waals surface area contributed by atoms with Crippen LogP contribution in [0.2, 0.25) is 0 Å². The van der Waals surface area contributed by atoms with Crippen LogP contribution < -0.4 is 10.0 Å². The molecular formula is C16H16N6O3S. The van der Waals surface area contributed by atoms with Crippen molar-refractivity contribution in [1.29, 1.82) is 0 Å². The van der Waals surface area contributed by atoms with Gasteiger partial charge in [0.1, 0.15) is 6.54 Å². The SMILES string of the molecule is Cc1cnn(CC(=O)Nc2ccc(S(=O)(=O)Nc3ncccn3)cc2)c1. The minimum Gasteiger partial charge on any atom is -0.324 e. The lowest BCUT2D eigenvalue weighted by molar-refractivity contribution is -0.116. The van der Waals surface area contributed by atoms with Crippen molar-refractivity contribution >= 4 is 27.6 Å². The number of carbonyl (C=O) groups is 1. The van der Waals surface area contributed by atoms with Crippen molar-refractivity contribution in [1.82, 2.24) is 19.7 Å². The fourth-order valence-corrected chi connectivity index (χ4v) is 3.11. The normalized spacial score (nSPS) is 11.1. The van der Waals surface area contributed by atoms with Crippen LogP contribution in [-0.4, -0.2) is 34.1 Å². The van der Waals surface area contributed by atoms with Gasteiger partial charge in [0, 0.05) is 24.3 Å². The summed E-state index contributed by atoms with van der Waals surface area (Å²) in [7, 11) is -3.81. The summed E-state index contributed by atoms with van der Waals surface area (Å²) in [5, 5.41) is 6.73. The molecule has 134 valence electrons. The van der Waals surface area contributed by atoms with Crippen LogP contribution in [0.1, 0.15) is 5.56 Å². The summed E-state index contributed by atoms with van der Waals surface area (Å²) < 4.78 is 28.4. The molecule has 3 rings (SSSR count). The summed E-state index contributed by atoms with van der Waals surface area (Å²) in [6.07, 6.45) is 6.29. The average molecular weight is 372 g/mol. The first kappa shape index (κ1) is 17.5. The van der Waals surface area contributed by atoms with Gasteiger partial charge in [-0.3, -0.25) is 9.48 Å². The molecule has 0 aliphatic carbocycles. The molecule has 0 saturated carbocycles. The largest absolute Gasteiger partial charge is 0.324 e. The molecule has 0 aliphatic heterocycles. The molecule has 0 bridgehead atoms. The Bertz CT molecular complexity index is 1000. The van der Waals surface area contributed by atoms with E-state index in [-0.39, 0.29) is 23.3 Å². The van der Waals surface area contributed by atoms with E-state index in [4.69, 9.17) is 0 Å². The maximum absolute atomic E-state index is 12.3. The van der Waals surface area contributed by atoms with Gasteiger partial charge in [0.15, 0.2) is 0 Å². The maximum atomic E-state index is 12.3. The lowest BCUT2D eigenvalue weighted by Crippen LogP contribution is -2.19. The second kappa shape index (κ2) is 7.31. The zero-order valence-electron chi connectivity index (χ0n) is 13.8. The third kappa shape index (κ3) is 4.42. The first-order chi connectivity index (χ1) is 12.4. The molecule has 0 atom stereocenters. The molecule has 1 amide bonds. The van der Waals surface area contributed by atoms with Gasteiger partial charge in [-0.05, 0) is 42.8 Å². The molecule has 2 aromatic heterocycles. The molecule has 0 spiro atoms. The Kier molecular flexibility index (Phi) is 4.94. The summed E-state index contributed by atoms with van der Waals surface area (Å²) in [5.74, 6) is -0.279. The van der Waals surface area contributed by atoms with Crippen LogP contribution in [0.25, 0.3) is 0 Å². The monoisotopic (exact) mass is 372 g/mol. The van der Waals surface area contributed by atoms with Crippen molar-refractivity contribution in [2.45, 2.75) is 18.4 Å². The van der Waals surface area contributed by atoms with Gasteiger partial charge in [0.25, 0.3) is 10.0 Å². The van der Waals surface area contributed by atoms with E-state index >= 15 is 0 Å². The van der Waals surface area contributed by atoms with Gasteiger partial charge >= 0.3 is 0 Å². The lowest BCUT2D eigenvalue weighted by atomic mass is 10.3. The fourth-order valence-electron chi connectivity index (χ4n) is 2.15. The number of amides is 1. The summed E-state index contributed by atoms with van der Waals surface area (Å²) >= 11 is 0. The second-order valence-electron chi connectivity index (χ2n) is 5.47. The van der Waals surface area contributed by atoms with Gasteiger partial charge in [-0.25, -0.2) is 23.1 Å². The number of nitrogens with one attached hydrogen (secondary N) is 2. The number of carbonyl (C=O) groups excluding carboxylic acids is 1. The summed E-state index contributed by atoms with van der Waals surface area (Å²) in [6.45, 7) is 1.95. The highest BCUT2D eigenvalue weighted by molar-refractivity contribution is 7.92. The van der Waals surface area contributed by atoms with Crippen LogP contribution in [0.15, 0.2) is 60.0 Å². The predicted octanol–water partition coefficient (Wildman–Crippen LogP) is 1.42. The highest BCUT2D eigenvalue weighted by atomic mass is 32.2. The van der Waals surface area contributed by atoms with E-state index < -0.39 is 10.0 Å². The highest BCUT2D eigenvalue weighted by Crippen LogP contribution is 2.16. The van der Waals surface area contributed by atoms with Crippen LogP contribution in [0, 0.1) is 6.92 Å². The summed E-state index contributed by atoms with van der Waals surface area (Å²) in [5.41, 5.74) is 1.44. The number of benzene rings is 1. The molecule has 2 heterocycles. The minimum absolute atomic E-state index is 0.0144. The molecule has 0 aliphatic rings. The van der Waals surface area contributed by atoms with E-state index in [9.17, 15) is 13.2 Å². The zero-order chi connectivity index (χ0) is 18.6. The molecule has 26 heavy (non-hydrogen) atoms. The Morgan fingerprint density at radius 3 is 2.46 bits per heavy atom. The van der Waals surface area contributed by atoms with Gasteiger partial charge < -0.3 is 5.32 Å². The molecular weight excluding hydrogens is 356 g/mol. The molecule has 10 heteroatoms. The molecule has 9 nitrogen and oxygen atoms in total. The fraction of sp³-hybridized carbons (Fsp3) is 0.125. The molecule has 3 aromatic rings. The number of aromatic nitrogens is 4. The Morgan fingerprint density at radius 2 is 1.85 bits per heavy atom. The van der Waals surface area contributed by atoms with Crippen molar-refractivity contribution in [2.24, 2.45) is 0 Å².